The maximum absolute atomic E-state index is 12.4. The van der Waals surface area contributed by atoms with E-state index in [1.165, 1.54) is 0 Å². The lowest BCUT2D eigenvalue weighted by Gasteiger charge is -2.27. The highest BCUT2D eigenvalue weighted by atomic mass is 32.2. The Bertz CT molecular complexity index is 691. The van der Waals surface area contributed by atoms with Gasteiger partial charge in [0.2, 0.25) is 5.91 Å². The van der Waals surface area contributed by atoms with Crippen molar-refractivity contribution in [3.63, 3.8) is 0 Å². The smallest absolute Gasteiger partial charge is 0.234 e. The molecule has 0 aromatic heterocycles. The van der Waals surface area contributed by atoms with Crippen molar-refractivity contribution in [3.8, 4) is 0 Å². The van der Waals surface area contributed by atoms with E-state index in [0.717, 1.165) is 30.5 Å². The van der Waals surface area contributed by atoms with E-state index < -0.39 is 9.84 Å². The van der Waals surface area contributed by atoms with Crippen molar-refractivity contribution in [3.05, 3.63) is 35.4 Å². The van der Waals surface area contributed by atoms with Crippen LogP contribution < -0.4 is 5.32 Å². The van der Waals surface area contributed by atoms with E-state index in [0.29, 0.717) is 19.6 Å². The number of nitrogens with one attached hydrogen (secondary N) is 1. The summed E-state index contributed by atoms with van der Waals surface area (Å²) in [6.07, 6.45) is 2.60. The number of benzene rings is 1. The van der Waals surface area contributed by atoms with E-state index in [1.807, 2.05) is 29.2 Å². The molecule has 146 valence electrons. The van der Waals surface area contributed by atoms with Crippen LogP contribution in [0.1, 0.15) is 37.3 Å². The number of amides is 1. The first-order valence-corrected chi connectivity index (χ1v) is 11.0. The fraction of sp³-hybridized carbons (Fsp3) is 0.632. The van der Waals surface area contributed by atoms with Gasteiger partial charge >= 0.3 is 0 Å². The van der Waals surface area contributed by atoms with Crippen LogP contribution in [0.2, 0.25) is 0 Å². The third-order valence-corrected chi connectivity index (χ3v) is 6.51. The fourth-order valence-corrected chi connectivity index (χ4v) is 5.04. The van der Waals surface area contributed by atoms with E-state index in [9.17, 15) is 13.2 Å². The van der Waals surface area contributed by atoms with Gasteiger partial charge in [-0.2, -0.15) is 0 Å². The molecule has 1 aromatic rings. The van der Waals surface area contributed by atoms with Crippen LogP contribution in [0.15, 0.2) is 24.3 Å². The van der Waals surface area contributed by atoms with Crippen molar-refractivity contribution in [1.82, 2.24) is 10.2 Å². The van der Waals surface area contributed by atoms with Crippen LogP contribution in [0.5, 0.6) is 0 Å². The molecule has 1 heterocycles. The second-order valence-electron chi connectivity index (χ2n) is 6.86. The highest BCUT2D eigenvalue weighted by Crippen LogP contribution is 2.18. The molecule has 1 atom stereocenters. The summed E-state index contributed by atoms with van der Waals surface area (Å²) in [6, 6.07) is 7.82. The Labute approximate surface area is 156 Å². The van der Waals surface area contributed by atoms with E-state index >= 15 is 0 Å². The van der Waals surface area contributed by atoms with Crippen molar-refractivity contribution >= 4 is 15.7 Å². The summed E-state index contributed by atoms with van der Waals surface area (Å²) in [5.74, 6) is 0.324. The molecule has 0 spiro atoms. The Morgan fingerprint density at radius 2 is 2.04 bits per heavy atom. The number of hydrogen-bond donors (Lipinski definition) is 1. The van der Waals surface area contributed by atoms with E-state index in [1.54, 1.807) is 7.11 Å². The Morgan fingerprint density at radius 3 is 2.65 bits per heavy atom. The number of ether oxygens (including phenoxy) is 1. The zero-order valence-electron chi connectivity index (χ0n) is 15.7. The summed E-state index contributed by atoms with van der Waals surface area (Å²) in [5, 5.41) is 2.96. The van der Waals surface area contributed by atoms with Gasteiger partial charge in [0.1, 0.15) is 0 Å². The lowest BCUT2D eigenvalue weighted by Crippen LogP contribution is -2.44. The minimum absolute atomic E-state index is 0.0434. The van der Waals surface area contributed by atoms with Crippen molar-refractivity contribution in [1.29, 1.82) is 0 Å². The maximum atomic E-state index is 12.4. The third-order valence-electron chi connectivity index (χ3n) is 4.76. The molecule has 26 heavy (non-hydrogen) atoms. The Balaban J connectivity index is 1.92. The lowest BCUT2D eigenvalue weighted by molar-refractivity contribution is -0.122. The van der Waals surface area contributed by atoms with Gasteiger partial charge < -0.3 is 10.1 Å². The fourth-order valence-electron chi connectivity index (χ4n) is 3.28. The van der Waals surface area contributed by atoms with Gasteiger partial charge in [-0.15, -0.1) is 0 Å². The van der Waals surface area contributed by atoms with Crippen molar-refractivity contribution in [2.24, 2.45) is 0 Å². The number of carbonyl (C=O) groups excluding carboxylic acids is 1. The first kappa shape index (κ1) is 20.9. The topological polar surface area (TPSA) is 75.7 Å². The molecule has 0 saturated carbocycles. The summed E-state index contributed by atoms with van der Waals surface area (Å²) < 4.78 is 28.7. The van der Waals surface area contributed by atoms with Crippen LogP contribution in [0.25, 0.3) is 0 Å². The van der Waals surface area contributed by atoms with Gasteiger partial charge in [-0.05, 0) is 30.5 Å². The summed E-state index contributed by atoms with van der Waals surface area (Å²) in [7, 11) is -1.31. The number of rotatable bonds is 10. The quantitative estimate of drug-likeness (QED) is 0.667. The van der Waals surface area contributed by atoms with E-state index in [4.69, 9.17) is 4.74 Å². The number of carbonyl (C=O) groups is 1. The monoisotopic (exact) mass is 382 g/mol. The Kier molecular flexibility index (Phi) is 8.06. The van der Waals surface area contributed by atoms with Gasteiger partial charge in [-0.1, -0.05) is 37.6 Å². The molecule has 1 aliphatic heterocycles. The molecule has 1 aliphatic rings. The Morgan fingerprint density at radius 1 is 1.31 bits per heavy atom. The second kappa shape index (κ2) is 10.0. The molecule has 1 N–H and O–H groups in total. The molecule has 1 amide bonds. The van der Waals surface area contributed by atoms with Crippen LogP contribution in [-0.4, -0.2) is 57.0 Å². The zero-order valence-corrected chi connectivity index (χ0v) is 16.6. The standard InChI is InChI=1S/C19H30N2O4S/c1-3-4-10-21(18-9-11-26(23,24)15-18)13-19(22)20-12-16-7-5-6-8-17(16)14-25-2/h5-8,18H,3-4,9-15H2,1-2H3,(H,20,22). The first-order valence-electron chi connectivity index (χ1n) is 9.22. The summed E-state index contributed by atoms with van der Waals surface area (Å²) >= 11 is 0. The van der Waals surface area contributed by atoms with E-state index in [-0.39, 0.29) is 30.0 Å². The van der Waals surface area contributed by atoms with Crippen LogP contribution in [-0.2, 0) is 32.5 Å². The normalized spacial score (nSPS) is 19.0. The minimum atomic E-state index is -2.96. The molecule has 1 fully saturated rings. The molecule has 7 heteroatoms. The molecule has 1 saturated heterocycles. The molecular formula is C19H30N2O4S. The van der Waals surface area contributed by atoms with Gasteiger partial charge in [-0.3, -0.25) is 9.69 Å². The van der Waals surface area contributed by atoms with Gasteiger partial charge in [0.15, 0.2) is 9.84 Å². The predicted molar refractivity (Wildman–Crippen MR) is 103 cm³/mol. The second-order valence-corrected chi connectivity index (χ2v) is 9.09. The van der Waals surface area contributed by atoms with Crippen LogP contribution in [0.3, 0.4) is 0 Å². The summed E-state index contributed by atoms with van der Waals surface area (Å²) in [4.78, 5) is 14.5. The number of unbranched alkanes of at least 4 members (excludes halogenated alkanes) is 1. The van der Waals surface area contributed by atoms with Gasteiger partial charge in [0.05, 0.1) is 24.7 Å². The van der Waals surface area contributed by atoms with Gasteiger partial charge in [0, 0.05) is 19.7 Å². The number of methoxy groups -OCH3 is 1. The minimum Gasteiger partial charge on any atom is -0.380 e. The molecule has 0 bridgehead atoms. The Hall–Kier alpha value is -1.44. The highest BCUT2D eigenvalue weighted by Gasteiger charge is 2.32. The SMILES string of the molecule is CCCCN(CC(=O)NCc1ccccc1COC)C1CCS(=O)(=O)C1. The predicted octanol–water partition coefficient (Wildman–Crippen LogP) is 1.74. The lowest BCUT2D eigenvalue weighted by atomic mass is 10.1. The van der Waals surface area contributed by atoms with Crippen molar-refractivity contribution in [2.75, 3.05) is 31.7 Å². The zero-order chi connectivity index (χ0) is 19.0. The summed E-state index contributed by atoms with van der Waals surface area (Å²) in [5.41, 5.74) is 2.09. The maximum Gasteiger partial charge on any atom is 0.234 e. The largest absolute Gasteiger partial charge is 0.380 e. The molecule has 6 nitrogen and oxygen atoms in total. The van der Waals surface area contributed by atoms with Crippen molar-refractivity contribution in [2.45, 2.75) is 45.4 Å². The number of hydrogen-bond acceptors (Lipinski definition) is 5. The van der Waals surface area contributed by atoms with Gasteiger partial charge in [0.25, 0.3) is 0 Å². The molecule has 1 aromatic carbocycles. The molecule has 1 unspecified atom stereocenters. The summed E-state index contributed by atoms with van der Waals surface area (Å²) in [6.45, 7) is 4.05. The highest BCUT2D eigenvalue weighted by molar-refractivity contribution is 7.91. The van der Waals surface area contributed by atoms with E-state index in [2.05, 4.69) is 12.2 Å². The molecule has 0 radical (unpaired) electrons. The average Bonchev–Trinajstić information content (AvgIpc) is 2.98. The number of sulfone groups is 1. The molecular weight excluding hydrogens is 352 g/mol. The molecule has 0 aliphatic carbocycles. The third kappa shape index (κ3) is 6.37. The molecule has 2 rings (SSSR count). The van der Waals surface area contributed by atoms with Crippen LogP contribution >= 0.6 is 0 Å². The van der Waals surface area contributed by atoms with Gasteiger partial charge in [-0.25, -0.2) is 8.42 Å². The van der Waals surface area contributed by atoms with Crippen LogP contribution in [0.4, 0.5) is 0 Å². The number of nitrogens with zero attached hydrogens (tertiary/aromatic N) is 1. The first-order chi connectivity index (χ1) is 12.4. The average molecular weight is 383 g/mol. The van der Waals surface area contributed by atoms with Crippen molar-refractivity contribution < 1.29 is 17.9 Å². The van der Waals surface area contributed by atoms with Crippen LogP contribution in [0, 0.1) is 0 Å².